The summed E-state index contributed by atoms with van der Waals surface area (Å²) in [6.45, 7) is 3.46. The van der Waals surface area contributed by atoms with Gasteiger partial charge in [-0.05, 0) is 56.9 Å². The average Bonchev–Trinajstić information content (AvgIpc) is 3.42. The first-order chi connectivity index (χ1) is 12.5. The monoisotopic (exact) mass is 374 g/mol. The molecule has 1 aromatic carbocycles. The second-order valence-corrected chi connectivity index (χ2v) is 7.43. The number of carbonyl (C=O) groups is 2. The van der Waals surface area contributed by atoms with Gasteiger partial charge < -0.3 is 14.8 Å². The predicted molar refractivity (Wildman–Crippen MR) is 99.5 cm³/mol. The highest BCUT2D eigenvalue weighted by molar-refractivity contribution is 7.17. The normalized spacial score (nSPS) is 14.6. The number of rotatable bonds is 7. The van der Waals surface area contributed by atoms with E-state index in [4.69, 9.17) is 9.47 Å². The van der Waals surface area contributed by atoms with Gasteiger partial charge >= 0.3 is 5.97 Å². The quantitative estimate of drug-likeness (QED) is 0.753. The first-order valence-electron chi connectivity index (χ1n) is 8.56. The Morgan fingerprint density at radius 1 is 1.31 bits per heavy atom. The molecule has 138 valence electrons. The summed E-state index contributed by atoms with van der Waals surface area (Å²) in [7, 11) is 1.61. The highest BCUT2D eigenvalue weighted by Gasteiger charge is 2.29. The molecule has 1 atom stereocenters. The van der Waals surface area contributed by atoms with E-state index < -0.39 is 5.97 Å². The molecule has 1 aromatic heterocycles. The topological polar surface area (TPSA) is 77.5 Å². The molecule has 0 unspecified atom stereocenters. The number of aromatic nitrogens is 1. The molecular weight excluding hydrogens is 352 g/mol. The Morgan fingerprint density at radius 2 is 2.00 bits per heavy atom. The first kappa shape index (κ1) is 18.4. The number of amides is 1. The van der Waals surface area contributed by atoms with Crippen molar-refractivity contribution in [2.24, 2.45) is 5.92 Å². The van der Waals surface area contributed by atoms with Crippen LogP contribution in [0, 0.1) is 12.8 Å². The second kappa shape index (κ2) is 7.86. The fourth-order valence-electron chi connectivity index (χ4n) is 2.65. The van der Waals surface area contributed by atoms with Gasteiger partial charge in [-0.25, -0.2) is 9.78 Å². The van der Waals surface area contributed by atoms with Crippen molar-refractivity contribution in [1.82, 2.24) is 10.3 Å². The summed E-state index contributed by atoms with van der Waals surface area (Å²) in [5.74, 6) is 0.530. The summed E-state index contributed by atoms with van der Waals surface area (Å²) in [6, 6.07) is 7.59. The van der Waals surface area contributed by atoms with Crippen molar-refractivity contribution in [2.45, 2.75) is 32.7 Å². The number of esters is 1. The Bertz CT molecular complexity index is 796. The molecule has 0 aliphatic heterocycles. The molecule has 2 aromatic rings. The zero-order valence-electron chi connectivity index (χ0n) is 15.1. The Kier molecular flexibility index (Phi) is 5.56. The Balaban J connectivity index is 1.60. The van der Waals surface area contributed by atoms with E-state index in [-0.39, 0.29) is 18.6 Å². The lowest BCUT2D eigenvalue weighted by molar-refractivity contribution is -0.124. The van der Waals surface area contributed by atoms with Gasteiger partial charge in [0.25, 0.3) is 5.91 Å². The van der Waals surface area contributed by atoms with Crippen LogP contribution in [0.4, 0.5) is 0 Å². The predicted octanol–water partition coefficient (Wildman–Crippen LogP) is 3.20. The number of thiazole rings is 1. The van der Waals surface area contributed by atoms with E-state index in [0.29, 0.717) is 16.5 Å². The zero-order chi connectivity index (χ0) is 18.7. The van der Waals surface area contributed by atoms with E-state index in [1.54, 1.807) is 14.0 Å². The fraction of sp³-hybridized carbons (Fsp3) is 0.421. The second-order valence-electron chi connectivity index (χ2n) is 6.43. The van der Waals surface area contributed by atoms with Crippen LogP contribution >= 0.6 is 11.3 Å². The molecule has 0 radical (unpaired) electrons. The summed E-state index contributed by atoms with van der Waals surface area (Å²) < 4.78 is 10.3. The van der Waals surface area contributed by atoms with Gasteiger partial charge in [0.05, 0.1) is 12.8 Å². The summed E-state index contributed by atoms with van der Waals surface area (Å²) in [6.07, 6.45) is 2.30. The van der Waals surface area contributed by atoms with Crippen LogP contribution in [0.15, 0.2) is 24.3 Å². The van der Waals surface area contributed by atoms with E-state index in [2.05, 4.69) is 10.3 Å². The van der Waals surface area contributed by atoms with E-state index in [1.165, 1.54) is 11.3 Å². The third kappa shape index (κ3) is 4.40. The molecule has 1 saturated carbocycles. The first-order valence-corrected chi connectivity index (χ1v) is 9.38. The number of hydrogen-bond donors (Lipinski definition) is 1. The van der Waals surface area contributed by atoms with Crippen LogP contribution in [-0.4, -0.2) is 36.6 Å². The van der Waals surface area contributed by atoms with Gasteiger partial charge in [-0.3, -0.25) is 4.79 Å². The van der Waals surface area contributed by atoms with Crippen LogP contribution < -0.4 is 10.1 Å². The van der Waals surface area contributed by atoms with E-state index in [0.717, 1.165) is 29.2 Å². The number of ether oxygens (including phenoxy) is 2. The van der Waals surface area contributed by atoms with Crippen LogP contribution in [0.1, 0.15) is 35.1 Å². The lowest BCUT2D eigenvalue weighted by atomic mass is 10.2. The SMILES string of the molecule is COc1ccc(-c2nc(C)c(C(=O)OCC(=O)N[C@H](C)C3CC3)s2)cc1. The number of aryl methyl sites for hydroxylation is 1. The van der Waals surface area contributed by atoms with Crippen molar-refractivity contribution in [2.75, 3.05) is 13.7 Å². The lowest BCUT2D eigenvalue weighted by Gasteiger charge is -2.12. The number of nitrogens with zero attached hydrogens (tertiary/aromatic N) is 1. The summed E-state index contributed by atoms with van der Waals surface area (Å²) >= 11 is 1.26. The molecule has 3 rings (SSSR count). The van der Waals surface area contributed by atoms with Crippen molar-refractivity contribution in [3.8, 4) is 16.3 Å². The molecule has 26 heavy (non-hydrogen) atoms. The van der Waals surface area contributed by atoms with Gasteiger partial charge in [-0.2, -0.15) is 0 Å². The van der Waals surface area contributed by atoms with Crippen LogP contribution in [0.5, 0.6) is 5.75 Å². The van der Waals surface area contributed by atoms with Crippen LogP contribution in [0.2, 0.25) is 0 Å². The molecule has 0 spiro atoms. The Morgan fingerprint density at radius 3 is 2.62 bits per heavy atom. The van der Waals surface area contributed by atoms with Crippen LogP contribution in [-0.2, 0) is 9.53 Å². The Labute approximate surface area is 156 Å². The lowest BCUT2D eigenvalue weighted by Crippen LogP contribution is -2.37. The standard InChI is InChI=1S/C19H22N2O4S/c1-11(13-4-5-13)20-16(22)10-25-19(23)17-12(2)21-18(26-17)14-6-8-15(24-3)9-7-14/h6-9,11,13H,4-5,10H2,1-3H3,(H,20,22)/t11-/m1/s1. The van der Waals surface area contributed by atoms with Crippen molar-refractivity contribution in [3.05, 3.63) is 34.8 Å². The number of hydrogen-bond acceptors (Lipinski definition) is 6. The number of carbonyl (C=O) groups excluding carboxylic acids is 2. The molecule has 1 amide bonds. The number of benzene rings is 1. The maximum Gasteiger partial charge on any atom is 0.350 e. The maximum atomic E-state index is 12.3. The zero-order valence-corrected chi connectivity index (χ0v) is 15.9. The molecule has 0 saturated heterocycles. The Hall–Kier alpha value is -2.41. The molecular formula is C19H22N2O4S. The van der Waals surface area contributed by atoms with Gasteiger partial charge in [0, 0.05) is 11.6 Å². The van der Waals surface area contributed by atoms with Crippen molar-refractivity contribution in [1.29, 1.82) is 0 Å². The third-order valence-corrected chi connectivity index (χ3v) is 5.56. The van der Waals surface area contributed by atoms with E-state index in [1.807, 2.05) is 31.2 Å². The minimum atomic E-state index is -0.519. The summed E-state index contributed by atoms with van der Waals surface area (Å²) in [5.41, 5.74) is 1.49. The highest BCUT2D eigenvalue weighted by atomic mass is 32.1. The van der Waals surface area contributed by atoms with Gasteiger partial charge in [0.1, 0.15) is 15.6 Å². The fourth-order valence-corrected chi connectivity index (χ4v) is 3.61. The van der Waals surface area contributed by atoms with Gasteiger partial charge in [-0.1, -0.05) is 0 Å². The molecule has 6 nitrogen and oxygen atoms in total. The van der Waals surface area contributed by atoms with Gasteiger partial charge in [-0.15, -0.1) is 11.3 Å². The van der Waals surface area contributed by atoms with Gasteiger partial charge in [0.2, 0.25) is 0 Å². The molecule has 1 aliphatic carbocycles. The smallest absolute Gasteiger partial charge is 0.350 e. The molecule has 1 aliphatic rings. The van der Waals surface area contributed by atoms with Crippen molar-refractivity contribution < 1.29 is 19.1 Å². The minimum absolute atomic E-state index is 0.132. The van der Waals surface area contributed by atoms with Gasteiger partial charge in [0.15, 0.2) is 6.61 Å². The summed E-state index contributed by atoms with van der Waals surface area (Å²) in [5, 5.41) is 3.59. The highest BCUT2D eigenvalue weighted by Crippen LogP contribution is 2.32. The van der Waals surface area contributed by atoms with Crippen LogP contribution in [0.3, 0.4) is 0 Å². The molecule has 1 heterocycles. The minimum Gasteiger partial charge on any atom is -0.497 e. The largest absolute Gasteiger partial charge is 0.497 e. The van der Waals surface area contributed by atoms with Crippen molar-refractivity contribution >= 4 is 23.2 Å². The van der Waals surface area contributed by atoms with Crippen LogP contribution in [0.25, 0.3) is 10.6 Å². The third-order valence-electron chi connectivity index (χ3n) is 4.37. The number of nitrogens with one attached hydrogen (secondary N) is 1. The van der Waals surface area contributed by atoms with E-state index in [9.17, 15) is 9.59 Å². The van der Waals surface area contributed by atoms with Crippen molar-refractivity contribution in [3.63, 3.8) is 0 Å². The summed E-state index contributed by atoms with van der Waals surface area (Å²) in [4.78, 5) is 29.0. The number of methoxy groups -OCH3 is 1. The molecule has 0 bridgehead atoms. The van der Waals surface area contributed by atoms with E-state index >= 15 is 0 Å². The molecule has 1 N–H and O–H groups in total. The average molecular weight is 374 g/mol. The molecule has 7 heteroatoms. The maximum absolute atomic E-state index is 12.3. The molecule has 1 fully saturated rings.